The second-order valence-electron chi connectivity index (χ2n) is 8.61. The van der Waals surface area contributed by atoms with Crippen LogP contribution in [0.15, 0.2) is 60.6 Å². The molecule has 5 nitrogen and oxygen atoms in total. The van der Waals surface area contributed by atoms with Gasteiger partial charge in [0.15, 0.2) is 5.60 Å². The molecule has 1 fully saturated rings. The topological polar surface area (TPSA) is 59.0 Å². The molecule has 1 N–H and O–H groups in total. The lowest BCUT2D eigenvalue weighted by Crippen LogP contribution is -2.38. The Hall–Kier alpha value is -2.53. The predicted octanol–water partition coefficient (Wildman–Crippen LogP) is 4.92. The van der Waals surface area contributed by atoms with E-state index >= 15 is 0 Å². The van der Waals surface area contributed by atoms with Gasteiger partial charge in [0.05, 0.1) is 5.92 Å². The van der Waals surface area contributed by atoms with Gasteiger partial charge in [0.2, 0.25) is 0 Å². The smallest absolute Gasteiger partial charge is 0.306 e. The Labute approximate surface area is 178 Å². The molecule has 4 rings (SSSR count). The van der Waals surface area contributed by atoms with Gasteiger partial charge in [-0.1, -0.05) is 48.1 Å². The molecule has 0 aromatic heterocycles. The molecular formula is C25H31NO4. The molecule has 1 aliphatic carbocycles. The molecule has 160 valence electrons. The van der Waals surface area contributed by atoms with Crippen LogP contribution in [0, 0.1) is 5.92 Å². The maximum atomic E-state index is 11.2. The van der Waals surface area contributed by atoms with E-state index in [4.69, 9.17) is 9.47 Å². The number of aliphatic carboxylic acids is 1. The molecule has 30 heavy (non-hydrogen) atoms. The zero-order valence-corrected chi connectivity index (χ0v) is 17.6. The van der Waals surface area contributed by atoms with Crippen LogP contribution in [0.5, 0.6) is 0 Å². The number of hydrogen-bond donors (Lipinski definition) is 1. The van der Waals surface area contributed by atoms with Crippen molar-refractivity contribution >= 4 is 5.97 Å². The predicted molar refractivity (Wildman–Crippen MR) is 116 cm³/mol. The molecule has 2 unspecified atom stereocenters. The summed E-state index contributed by atoms with van der Waals surface area (Å²) in [5.74, 6) is -0.861. The van der Waals surface area contributed by atoms with Crippen LogP contribution in [-0.2, 0) is 19.9 Å². The molecule has 1 saturated heterocycles. The summed E-state index contributed by atoms with van der Waals surface area (Å²) < 4.78 is 11.8. The Morgan fingerprint density at radius 2 is 2.00 bits per heavy atom. The van der Waals surface area contributed by atoms with E-state index in [9.17, 15) is 9.90 Å². The number of carboxylic acids is 1. The van der Waals surface area contributed by atoms with Crippen molar-refractivity contribution in [3.8, 4) is 0 Å². The Kier molecular flexibility index (Phi) is 6.28. The van der Waals surface area contributed by atoms with Gasteiger partial charge in [-0.2, -0.15) is 0 Å². The number of allylic oxidation sites excluding steroid dienone is 3. The van der Waals surface area contributed by atoms with Crippen LogP contribution in [0.4, 0.5) is 0 Å². The van der Waals surface area contributed by atoms with Gasteiger partial charge < -0.3 is 14.6 Å². The molecular weight excluding hydrogens is 378 g/mol. The van der Waals surface area contributed by atoms with Crippen molar-refractivity contribution in [2.24, 2.45) is 5.92 Å². The Bertz CT molecular complexity index is 833. The maximum absolute atomic E-state index is 11.2. The molecule has 0 bridgehead atoms. The largest absolute Gasteiger partial charge is 0.493 e. The van der Waals surface area contributed by atoms with E-state index in [-0.39, 0.29) is 12.0 Å². The Morgan fingerprint density at radius 1 is 1.23 bits per heavy atom. The number of nitrogens with zero attached hydrogens (tertiary/aromatic N) is 1. The molecule has 0 spiro atoms. The monoisotopic (exact) mass is 409 g/mol. The van der Waals surface area contributed by atoms with Crippen LogP contribution in [0.25, 0.3) is 0 Å². The highest BCUT2D eigenvalue weighted by molar-refractivity contribution is 5.70. The van der Waals surface area contributed by atoms with Crippen molar-refractivity contribution in [2.75, 3.05) is 19.7 Å². The highest BCUT2D eigenvalue weighted by atomic mass is 16.6. The number of rotatable bonds is 6. The number of hydrogen-bond acceptors (Lipinski definition) is 4. The van der Waals surface area contributed by atoms with Crippen LogP contribution in [0.3, 0.4) is 0 Å². The highest BCUT2D eigenvalue weighted by Gasteiger charge is 2.37. The molecule has 0 amide bonds. The summed E-state index contributed by atoms with van der Waals surface area (Å²) in [5.41, 5.74) is 3.26. The zero-order valence-electron chi connectivity index (χ0n) is 17.6. The molecule has 5 heteroatoms. The Morgan fingerprint density at radius 3 is 2.60 bits per heavy atom. The minimum absolute atomic E-state index is 0.198. The third kappa shape index (κ3) is 4.46. The van der Waals surface area contributed by atoms with E-state index in [1.807, 2.05) is 0 Å². The summed E-state index contributed by atoms with van der Waals surface area (Å²) >= 11 is 0. The van der Waals surface area contributed by atoms with Crippen molar-refractivity contribution in [3.05, 3.63) is 71.7 Å². The average Bonchev–Trinajstić information content (AvgIpc) is 2.80. The summed E-state index contributed by atoms with van der Waals surface area (Å²) in [7, 11) is 0. The summed E-state index contributed by atoms with van der Waals surface area (Å²) in [5, 5.41) is 9.22. The molecule has 1 aromatic carbocycles. The van der Waals surface area contributed by atoms with Gasteiger partial charge in [0, 0.05) is 12.5 Å². The highest BCUT2D eigenvalue weighted by Crippen LogP contribution is 2.38. The van der Waals surface area contributed by atoms with Crippen LogP contribution >= 0.6 is 0 Å². The normalized spacial score (nSPS) is 25.8. The lowest BCUT2D eigenvalue weighted by atomic mass is 9.84. The fourth-order valence-electron chi connectivity index (χ4n) is 4.74. The average molecular weight is 410 g/mol. The molecule has 2 aliphatic heterocycles. The van der Waals surface area contributed by atoms with Gasteiger partial charge in [0.25, 0.3) is 0 Å². The quantitative estimate of drug-likeness (QED) is 0.722. The molecule has 1 aromatic rings. The number of likely N-dealkylation sites (tertiary alicyclic amines) is 1. The Balaban J connectivity index is 1.48. The van der Waals surface area contributed by atoms with Crippen molar-refractivity contribution in [2.45, 2.75) is 50.7 Å². The number of piperidine rings is 1. The van der Waals surface area contributed by atoms with Gasteiger partial charge in [0.1, 0.15) is 19.1 Å². The first-order valence-corrected chi connectivity index (χ1v) is 10.9. The number of ether oxygens (including phenoxy) is 2. The van der Waals surface area contributed by atoms with Crippen molar-refractivity contribution in [1.82, 2.24) is 4.90 Å². The molecule has 3 aliphatic rings. The lowest BCUT2D eigenvalue weighted by molar-refractivity contribution is -0.143. The minimum atomic E-state index is -0.663. The number of benzene rings is 1. The van der Waals surface area contributed by atoms with E-state index in [2.05, 4.69) is 54.3 Å². The SMILES string of the molecule is CC(c1ccc(C2(CC3=CC=CCC3)COC=CO2)cc1)N1CCC(C(=O)O)CC1. The lowest BCUT2D eigenvalue weighted by Gasteiger charge is -2.37. The summed E-state index contributed by atoms with van der Waals surface area (Å²) in [4.78, 5) is 13.6. The molecule has 2 atom stereocenters. The molecule has 2 heterocycles. The van der Waals surface area contributed by atoms with E-state index in [0.717, 1.165) is 50.8 Å². The summed E-state index contributed by atoms with van der Waals surface area (Å²) in [6.07, 6.45) is 14.2. The fraction of sp³-hybridized carbons (Fsp3) is 0.480. The first-order valence-electron chi connectivity index (χ1n) is 10.9. The summed E-state index contributed by atoms with van der Waals surface area (Å²) in [6, 6.07) is 8.96. The van der Waals surface area contributed by atoms with Crippen LogP contribution in [0.1, 0.15) is 56.2 Å². The first-order chi connectivity index (χ1) is 14.6. The summed E-state index contributed by atoms with van der Waals surface area (Å²) in [6.45, 7) is 4.36. The van der Waals surface area contributed by atoms with Gasteiger partial charge in [-0.05, 0) is 56.8 Å². The van der Waals surface area contributed by atoms with Gasteiger partial charge in [-0.3, -0.25) is 9.69 Å². The van der Waals surface area contributed by atoms with Crippen LogP contribution < -0.4 is 0 Å². The minimum Gasteiger partial charge on any atom is -0.493 e. The fourth-order valence-corrected chi connectivity index (χ4v) is 4.74. The van der Waals surface area contributed by atoms with Crippen molar-refractivity contribution in [3.63, 3.8) is 0 Å². The van der Waals surface area contributed by atoms with Crippen molar-refractivity contribution < 1.29 is 19.4 Å². The van der Waals surface area contributed by atoms with E-state index in [0.29, 0.717) is 6.61 Å². The van der Waals surface area contributed by atoms with Crippen molar-refractivity contribution in [1.29, 1.82) is 0 Å². The van der Waals surface area contributed by atoms with E-state index in [1.54, 1.807) is 12.5 Å². The number of carboxylic acid groups (broad SMARTS) is 1. The third-order valence-corrected chi connectivity index (χ3v) is 6.72. The molecule has 0 radical (unpaired) electrons. The van der Waals surface area contributed by atoms with Gasteiger partial charge in [-0.25, -0.2) is 0 Å². The van der Waals surface area contributed by atoms with Crippen LogP contribution in [-0.4, -0.2) is 35.7 Å². The molecule has 0 saturated carbocycles. The standard InChI is InChI=1S/C25H31NO4/c1-19(26-13-11-22(12-14-26)24(27)28)21-7-9-23(10-8-21)25(18-29-15-16-30-25)17-20-5-3-2-4-6-20/h2-3,5,7-10,15-16,19,22H,4,6,11-14,17-18H2,1H3,(H,27,28). The second kappa shape index (κ2) is 9.09. The number of carbonyl (C=O) groups is 1. The zero-order chi connectivity index (χ0) is 21.0. The van der Waals surface area contributed by atoms with E-state index in [1.165, 1.54) is 11.1 Å². The van der Waals surface area contributed by atoms with Gasteiger partial charge >= 0.3 is 5.97 Å². The second-order valence-corrected chi connectivity index (χ2v) is 8.61. The van der Waals surface area contributed by atoms with Crippen LogP contribution in [0.2, 0.25) is 0 Å². The third-order valence-electron chi connectivity index (χ3n) is 6.72. The maximum Gasteiger partial charge on any atom is 0.306 e. The first kappa shape index (κ1) is 20.7. The van der Waals surface area contributed by atoms with E-state index < -0.39 is 11.6 Å². The van der Waals surface area contributed by atoms with Gasteiger partial charge in [-0.15, -0.1) is 0 Å².